The fraction of sp³-hybridized carbons (Fsp3) is 0.0714. The van der Waals surface area contributed by atoms with Gasteiger partial charge in [0.15, 0.2) is 0 Å². The number of nitrogens with zero attached hydrogens (tertiary/aromatic N) is 2. The third-order valence-corrected chi connectivity index (χ3v) is 3.32. The molecule has 2 heterocycles. The van der Waals surface area contributed by atoms with E-state index in [1.807, 2.05) is 35.0 Å². The monoisotopic (exact) mass is 337 g/mol. The maximum absolute atomic E-state index is 13.7. The number of pyridine rings is 1. The molecule has 0 fully saturated rings. The minimum atomic E-state index is -0.638. The Morgan fingerprint density at radius 1 is 1.20 bits per heavy atom. The summed E-state index contributed by atoms with van der Waals surface area (Å²) in [5.74, 6) is -1.28. The molecule has 0 aliphatic heterocycles. The van der Waals surface area contributed by atoms with Crippen molar-refractivity contribution in [3.63, 3.8) is 0 Å². The van der Waals surface area contributed by atoms with E-state index in [2.05, 4.69) is 26.2 Å². The molecule has 20 heavy (non-hydrogen) atoms. The van der Waals surface area contributed by atoms with Crippen molar-refractivity contribution < 1.29 is 8.78 Å². The summed E-state index contributed by atoms with van der Waals surface area (Å²) in [6.07, 6.45) is 3.68. The van der Waals surface area contributed by atoms with Gasteiger partial charge in [0.05, 0.1) is 12.2 Å². The molecule has 2 aromatic heterocycles. The van der Waals surface area contributed by atoms with Gasteiger partial charge in [-0.2, -0.15) is 0 Å². The first-order chi connectivity index (χ1) is 9.63. The van der Waals surface area contributed by atoms with Crippen LogP contribution < -0.4 is 5.32 Å². The Balaban J connectivity index is 1.83. The molecule has 0 bridgehead atoms. The Morgan fingerprint density at radius 2 is 1.95 bits per heavy atom. The highest BCUT2D eigenvalue weighted by molar-refractivity contribution is 9.10. The fourth-order valence-corrected chi connectivity index (χ4v) is 2.36. The molecule has 1 N–H and O–H groups in total. The van der Waals surface area contributed by atoms with Crippen LogP contribution in [0.15, 0.2) is 47.2 Å². The van der Waals surface area contributed by atoms with Crippen LogP contribution >= 0.6 is 15.9 Å². The third-order valence-electron chi connectivity index (χ3n) is 2.87. The Labute approximate surface area is 122 Å². The van der Waals surface area contributed by atoms with E-state index in [0.717, 1.165) is 5.65 Å². The SMILES string of the molecule is Fc1cc(Br)cc(F)c1NCc1cn2ccccc2n1. The first-order valence-electron chi connectivity index (χ1n) is 5.94. The molecule has 0 aliphatic rings. The molecule has 0 saturated heterocycles. The van der Waals surface area contributed by atoms with Crippen LogP contribution in [0.1, 0.15) is 5.69 Å². The van der Waals surface area contributed by atoms with Crippen LogP contribution in [0, 0.1) is 11.6 Å². The maximum Gasteiger partial charge on any atom is 0.150 e. The van der Waals surface area contributed by atoms with Gasteiger partial charge in [-0.3, -0.25) is 0 Å². The zero-order chi connectivity index (χ0) is 14.1. The number of rotatable bonds is 3. The Morgan fingerprint density at radius 3 is 2.65 bits per heavy atom. The van der Waals surface area contributed by atoms with Gasteiger partial charge in [0.1, 0.15) is 23.0 Å². The first-order valence-corrected chi connectivity index (χ1v) is 6.74. The van der Waals surface area contributed by atoms with E-state index in [1.54, 1.807) is 0 Å². The summed E-state index contributed by atoms with van der Waals surface area (Å²) < 4.78 is 29.5. The van der Waals surface area contributed by atoms with Gasteiger partial charge in [-0.05, 0) is 24.3 Å². The molecule has 0 amide bonds. The maximum atomic E-state index is 13.7. The average molecular weight is 338 g/mol. The Kier molecular flexibility index (Phi) is 3.40. The summed E-state index contributed by atoms with van der Waals surface area (Å²) in [5.41, 5.74) is 1.35. The molecule has 3 nitrogen and oxygen atoms in total. The third kappa shape index (κ3) is 2.51. The summed E-state index contributed by atoms with van der Waals surface area (Å²) in [6, 6.07) is 8.07. The number of halogens is 3. The molecule has 0 radical (unpaired) electrons. The van der Waals surface area contributed by atoms with Crippen molar-refractivity contribution in [3.05, 3.63) is 64.5 Å². The van der Waals surface area contributed by atoms with Crippen LogP contribution in [-0.4, -0.2) is 9.38 Å². The van der Waals surface area contributed by atoms with E-state index in [4.69, 9.17) is 0 Å². The standard InChI is InChI=1S/C14H10BrF2N3/c15-9-5-11(16)14(12(17)6-9)18-7-10-8-20-4-2-1-3-13(20)19-10/h1-6,8,18H,7H2. The molecule has 3 rings (SSSR count). The largest absolute Gasteiger partial charge is 0.375 e. The highest BCUT2D eigenvalue weighted by Gasteiger charge is 2.10. The zero-order valence-electron chi connectivity index (χ0n) is 10.3. The van der Waals surface area contributed by atoms with Crippen LogP contribution in [0.4, 0.5) is 14.5 Å². The molecule has 1 aromatic carbocycles. The van der Waals surface area contributed by atoms with Crippen molar-refractivity contribution in [2.24, 2.45) is 0 Å². The summed E-state index contributed by atoms with van der Waals surface area (Å²) in [5, 5.41) is 2.74. The topological polar surface area (TPSA) is 29.3 Å². The minimum Gasteiger partial charge on any atom is -0.375 e. The van der Waals surface area contributed by atoms with Crippen molar-refractivity contribution in [3.8, 4) is 0 Å². The molecular weight excluding hydrogens is 328 g/mol. The van der Waals surface area contributed by atoms with Crippen molar-refractivity contribution in [1.82, 2.24) is 9.38 Å². The lowest BCUT2D eigenvalue weighted by atomic mass is 10.3. The quantitative estimate of drug-likeness (QED) is 0.783. The van der Waals surface area contributed by atoms with Gasteiger partial charge in [-0.15, -0.1) is 0 Å². The van der Waals surface area contributed by atoms with Gasteiger partial charge in [0, 0.05) is 16.9 Å². The second kappa shape index (κ2) is 5.20. The number of fused-ring (bicyclic) bond motifs is 1. The van der Waals surface area contributed by atoms with Crippen LogP contribution in [0.5, 0.6) is 0 Å². The summed E-state index contributed by atoms with van der Waals surface area (Å²) in [7, 11) is 0. The minimum absolute atomic E-state index is 0.148. The number of benzene rings is 1. The van der Waals surface area contributed by atoms with E-state index < -0.39 is 11.6 Å². The molecule has 0 saturated carbocycles. The number of imidazole rings is 1. The number of nitrogens with one attached hydrogen (secondary N) is 1. The van der Waals surface area contributed by atoms with Gasteiger partial charge in [-0.25, -0.2) is 13.8 Å². The summed E-state index contributed by atoms with van der Waals surface area (Å²) in [6.45, 7) is 0.247. The average Bonchev–Trinajstić information content (AvgIpc) is 2.80. The van der Waals surface area contributed by atoms with E-state index >= 15 is 0 Å². The number of anilines is 1. The fourth-order valence-electron chi connectivity index (χ4n) is 1.96. The van der Waals surface area contributed by atoms with Gasteiger partial charge in [0.25, 0.3) is 0 Å². The molecule has 0 aliphatic carbocycles. The van der Waals surface area contributed by atoms with E-state index in [9.17, 15) is 8.78 Å². The van der Waals surface area contributed by atoms with Crippen molar-refractivity contribution in [1.29, 1.82) is 0 Å². The van der Waals surface area contributed by atoms with Crippen LogP contribution in [-0.2, 0) is 6.54 Å². The number of hydrogen-bond donors (Lipinski definition) is 1. The Bertz CT molecular complexity index is 714. The van der Waals surface area contributed by atoms with Gasteiger partial charge in [0.2, 0.25) is 0 Å². The van der Waals surface area contributed by atoms with E-state index in [-0.39, 0.29) is 12.2 Å². The second-order valence-electron chi connectivity index (χ2n) is 4.30. The van der Waals surface area contributed by atoms with Crippen LogP contribution in [0.2, 0.25) is 0 Å². The highest BCUT2D eigenvalue weighted by atomic mass is 79.9. The molecule has 6 heteroatoms. The smallest absolute Gasteiger partial charge is 0.150 e. The van der Waals surface area contributed by atoms with Crippen LogP contribution in [0.3, 0.4) is 0 Å². The highest BCUT2D eigenvalue weighted by Crippen LogP contribution is 2.24. The molecule has 102 valence electrons. The molecule has 3 aromatic rings. The van der Waals surface area contributed by atoms with Gasteiger partial charge < -0.3 is 9.72 Å². The lowest BCUT2D eigenvalue weighted by molar-refractivity contribution is 0.586. The first kappa shape index (κ1) is 13.1. The second-order valence-corrected chi connectivity index (χ2v) is 5.21. The lowest BCUT2D eigenvalue weighted by Gasteiger charge is -2.07. The zero-order valence-corrected chi connectivity index (χ0v) is 11.9. The Hall–Kier alpha value is -1.95. The lowest BCUT2D eigenvalue weighted by Crippen LogP contribution is -2.04. The summed E-state index contributed by atoms with van der Waals surface area (Å²) >= 11 is 3.04. The van der Waals surface area contributed by atoms with E-state index in [0.29, 0.717) is 10.2 Å². The predicted octanol–water partition coefficient (Wildman–Crippen LogP) is 3.99. The predicted molar refractivity (Wildman–Crippen MR) is 76.6 cm³/mol. The van der Waals surface area contributed by atoms with E-state index in [1.165, 1.54) is 12.1 Å². The number of hydrogen-bond acceptors (Lipinski definition) is 2. The molecular formula is C14H10BrF2N3. The molecule has 0 spiro atoms. The number of aromatic nitrogens is 2. The van der Waals surface area contributed by atoms with Crippen molar-refractivity contribution in [2.75, 3.05) is 5.32 Å². The van der Waals surface area contributed by atoms with Gasteiger partial charge in [-0.1, -0.05) is 22.0 Å². The summed E-state index contributed by atoms with van der Waals surface area (Å²) in [4.78, 5) is 4.35. The van der Waals surface area contributed by atoms with Crippen LogP contribution in [0.25, 0.3) is 5.65 Å². The van der Waals surface area contributed by atoms with Gasteiger partial charge >= 0.3 is 0 Å². The van der Waals surface area contributed by atoms with Crippen molar-refractivity contribution >= 4 is 27.3 Å². The molecule has 0 atom stereocenters. The molecule has 0 unspecified atom stereocenters. The van der Waals surface area contributed by atoms with Crippen molar-refractivity contribution in [2.45, 2.75) is 6.54 Å². The normalized spacial score (nSPS) is 10.9.